The predicted octanol–water partition coefficient (Wildman–Crippen LogP) is 0.780. The molecule has 0 bridgehead atoms. The van der Waals surface area contributed by atoms with Gasteiger partial charge in [-0.25, -0.2) is 4.79 Å². The molecule has 0 amide bonds. The molecule has 5 N–H and O–H groups in total. The number of hydrogen-bond donors (Lipinski definition) is 3. The van der Waals surface area contributed by atoms with E-state index in [-0.39, 0.29) is 11.3 Å². The molecule has 1 aromatic carbocycles. The average Bonchev–Trinajstić information content (AvgIpc) is 2.58. The molecule has 0 aliphatic rings. The first-order chi connectivity index (χ1) is 12.1. The van der Waals surface area contributed by atoms with Gasteiger partial charge in [0, 0.05) is 37.0 Å². The second-order valence-corrected chi connectivity index (χ2v) is 7.20. The Bertz CT molecular complexity index is 909. The lowest BCUT2D eigenvalue weighted by Gasteiger charge is -2.15. The number of carbonyl (C=O) groups excluding carboxylic acids is 1. The monoisotopic (exact) mass is 379 g/mol. The number of Topliss-reactive ketones (excluding diaryl/α,β-unsaturated/α-hetero) is 1. The number of aryl methyl sites for hydroxylation is 1. The van der Waals surface area contributed by atoms with Crippen molar-refractivity contribution < 1.29 is 19.1 Å². The van der Waals surface area contributed by atoms with Crippen LogP contribution in [0.3, 0.4) is 0 Å². The number of nitrogens with two attached hydrogens (primary N) is 2. The lowest BCUT2D eigenvalue weighted by molar-refractivity contribution is -0.137. The minimum absolute atomic E-state index is 0.0492. The number of nitrogens with zero attached hydrogens (tertiary/aromatic N) is 1. The Kier molecular flexibility index (Phi) is 6.06. The van der Waals surface area contributed by atoms with E-state index < -0.39 is 28.8 Å². The fourth-order valence-corrected chi connectivity index (χ4v) is 3.23. The number of ketones is 1. The smallest absolute Gasteiger partial charge is 0.347 e. The lowest BCUT2D eigenvalue weighted by atomic mass is 10.0. The van der Waals surface area contributed by atoms with Crippen molar-refractivity contribution in [3.63, 3.8) is 0 Å². The van der Waals surface area contributed by atoms with Crippen molar-refractivity contribution in [3.05, 3.63) is 39.7 Å². The fraction of sp³-hybridized carbons (Fsp3) is 0.353. The molecular formula is C17H21N3O5S. The van der Waals surface area contributed by atoms with Gasteiger partial charge >= 0.3 is 11.6 Å². The highest BCUT2D eigenvalue weighted by molar-refractivity contribution is 8.00. The maximum absolute atomic E-state index is 12.6. The molecule has 1 heterocycles. The Morgan fingerprint density at radius 1 is 1.31 bits per heavy atom. The zero-order chi connectivity index (χ0) is 19.6. The molecule has 26 heavy (non-hydrogen) atoms. The number of aliphatic carboxylic acids is 1. The number of carbonyl (C=O) groups is 2. The van der Waals surface area contributed by atoms with Gasteiger partial charge in [0.25, 0.3) is 0 Å². The Hall–Kier alpha value is -2.36. The summed E-state index contributed by atoms with van der Waals surface area (Å²) in [6, 6.07) is 4.21. The van der Waals surface area contributed by atoms with Crippen molar-refractivity contribution in [2.24, 2.45) is 11.5 Å². The number of rotatable bonds is 7. The molecule has 0 fully saturated rings. The molecule has 0 spiro atoms. The van der Waals surface area contributed by atoms with E-state index in [0.717, 1.165) is 17.4 Å². The highest BCUT2D eigenvalue weighted by Gasteiger charge is 2.25. The number of fused-ring (bicyclic) bond motifs is 1. The van der Waals surface area contributed by atoms with Gasteiger partial charge in [-0.2, -0.15) is 0 Å². The van der Waals surface area contributed by atoms with Crippen LogP contribution in [0.4, 0.5) is 5.69 Å². The molecule has 140 valence electrons. The van der Waals surface area contributed by atoms with E-state index >= 15 is 0 Å². The minimum Gasteiger partial charge on any atom is -0.480 e. The average molecular weight is 379 g/mol. The summed E-state index contributed by atoms with van der Waals surface area (Å²) in [7, 11) is 3.73. The molecule has 2 rings (SSSR count). The van der Waals surface area contributed by atoms with Crippen molar-refractivity contribution in [1.82, 2.24) is 0 Å². The predicted molar refractivity (Wildman–Crippen MR) is 102 cm³/mol. The zero-order valence-electron chi connectivity index (χ0n) is 14.7. The number of carboxylic acids is 1. The van der Waals surface area contributed by atoms with Crippen LogP contribution in [0.1, 0.15) is 15.9 Å². The number of anilines is 1. The van der Waals surface area contributed by atoms with Gasteiger partial charge in [0.15, 0.2) is 5.78 Å². The van der Waals surface area contributed by atoms with Crippen LogP contribution in [0.25, 0.3) is 11.0 Å². The third kappa shape index (κ3) is 4.06. The third-order valence-corrected chi connectivity index (χ3v) is 5.07. The second-order valence-electron chi connectivity index (χ2n) is 6.03. The van der Waals surface area contributed by atoms with Crippen LogP contribution in [-0.4, -0.2) is 48.1 Å². The lowest BCUT2D eigenvalue weighted by Crippen LogP contribution is -2.37. The van der Waals surface area contributed by atoms with Gasteiger partial charge in [0.1, 0.15) is 22.6 Å². The Balaban J connectivity index is 2.37. The summed E-state index contributed by atoms with van der Waals surface area (Å²) in [6.45, 7) is 1.65. The SMILES string of the molecule is Cc1c(C(=O)C(N)SCC(N)C(=O)O)c(=O)oc2cc(N(C)C)ccc12. The topological polar surface area (TPSA) is 140 Å². The van der Waals surface area contributed by atoms with Crippen molar-refractivity contribution in [1.29, 1.82) is 0 Å². The molecule has 9 heteroatoms. The van der Waals surface area contributed by atoms with Crippen molar-refractivity contribution >= 4 is 40.2 Å². The second kappa shape index (κ2) is 7.90. The summed E-state index contributed by atoms with van der Waals surface area (Å²) >= 11 is 0.880. The maximum atomic E-state index is 12.6. The molecular weight excluding hydrogens is 358 g/mol. The number of hydrogen-bond acceptors (Lipinski definition) is 8. The van der Waals surface area contributed by atoms with Crippen molar-refractivity contribution in [3.8, 4) is 0 Å². The number of carboxylic acid groups (broad SMARTS) is 1. The normalized spacial score (nSPS) is 13.4. The van der Waals surface area contributed by atoms with Crippen LogP contribution >= 0.6 is 11.8 Å². The summed E-state index contributed by atoms with van der Waals surface area (Å²) in [5, 5.41) is 8.31. The summed E-state index contributed by atoms with van der Waals surface area (Å²) in [5.41, 5.74) is 12.0. The zero-order valence-corrected chi connectivity index (χ0v) is 15.5. The Morgan fingerprint density at radius 2 is 1.96 bits per heavy atom. The molecule has 0 saturated heterocycles. The van der Waals surface area contributed by atoms with Gasteiger partial charge in [-0.05, 0) is 24.6 Å². The highest BCUT2D eigenvalue weighted by atomic mass is 32.2. The van der Waals surface area contributed by atoms with Crippen LogP contribution in [0.5, 0.6) is 0 Å². The van der Waals surface area contributed by atoms with Crippen molar-refractivity contribution in [2.75, 3.05) is 24.7 Å². The molecule has 0 saturated carbocycles. The summed E-state index contributed by atoms with van der Waals surface area (Å²) in [4.78, 5) is 37.5. The summed E-state index contributed by atoms with van der Waals surface area (Å²) < 4.78 is 5.31. The standard InChI is InChI=1S/C17H21N3O5S/c1-8-10-5-4-9(20(2)3)6-12(10)25-17(24)13(8)14(21)15(19)26-7-11(18)16(22)23/h4-6,11,15H,7,18-19H2,1-3H3,(H,22,23). The Morgan fingerprint density at radius 3 is 2.54 bits per heavy atom. The van der Waals surface area contributed by atoms with Gasteiger partial charge in [-0.3, -0.25) is 9.59 Å². The molecule has 0 aliphatic heterocycles. The molecule has 2 atom stereocenters. The van der Waals surface area contributed by atoms with E-state index in [1.54, 1.807) is 19.1 Å². The van der Waals surface area contributed by atoms with E-state index in [9.17, 15) is 14.4 Å². The van der Waals surface area contributed by atoms with Crippen LogP contribution in [0.15, 0.2) is 27.4 Å². The first kappa shape index (κ1) is 20.0. The fourth-order valence-electron chi connectivity index (χ4n) is 2.40. The highest BCUT2D eigenvalue weighted by Crippen LogP contribution is 2.25. The maximum Gasteiger partial charge on any atom is 0.347 e. The van der Waals surface area contributed by atoms with Gasteiger partial charge in [0.2, 0.25) is 0 Å². The van der Waals surface area contributed by atoms with E-state index in [4.69, 9.17) is 21.0 Å². The molecule has 2 aromatic rings. The first-order valence-corrected chi connectivity index (χ1v) is 8.83. The summed E-state index contributed by atoms with van der Waals surface area (Å²) in [5.74, 6) is -1.85. The molecule has 1 aromatic heterocycles. The van der Waals surface area contributed by atoms with Gasteiger partial charge in [-0.15, -0.1) is 11.8 Å². The third-order valence-electron chi connectivity index (χ3n) is 3.94. The van der Waals surface area contributed by atoms with Gasteiger partial charge in [-0.1, -0.05) is 0 Å². The van der Waals surface area contributed by atoms with Crippen LogP contribution in [-0.2, 0) is 4.79 Å². The number of thioether (sulfide) groups is 1. The Labute approximate surface area is 154 Å². The largest absolute Gasteiger partial charge is 0.480 e. The van der Waals surface area contributed by atoms with E-state index in [0.29, 0.717) is 16.5 Å². The molecule has 0 aliphatic carbocycles. The van der Waals surface area contributed by atoms with Crippen LogP contribution in [0.2, 0.25) is 0 Å². The van der Waals surface area contributed by atoms with E-state index in [2.05, 4.69) is 0 Å². The van der Waals surface area contributed by atoms with Gasteiger partial charge < -0.3 is 25.9 Å². The van der Waals surface area contributed by atoms with E-state index in [1.807, 2.05) is 25.1 Å². The van der Waals surface area contributed by atoms with Crippen LogP contribution in [0, 0.1) is 6.92 Å². The minimum atomic E-state index is -1.18. The first-order valence-electron chi connectivity index (χ1n) is 7.78. The number of benzene rings is 1. The van der Waals surface area contributed by atoms with Crippen molar-refractivity contribution in [2.45, 2.75) is 18.3 Å². The van der Waals surface area contributed by atoms with Gasteiger partial charge in [0.05, 0.1) is 0 Å². The molecule has 8 nitrogen and oxygen atoms in total. The van der Waals surface area contributed by atoms with E-state index in [1.165, 1.54) is 0 Å². The van der Waals surface area contributed by atoms with Crippen LogP contribution < -0.4 is 22.0 Å². The molecule has 2 unspecified atom stereocenters. The molecule has 0 radical (unpaired) electrons. The summed E-state index contributed by atoms with van der Waals surface area (Å²) in [6.07, 6.45) is 0. The quantitative estimate of drug-likeness (QED) is 0.361.